The molecule has 0 aliphatic heterocycles. The summed E-state index contributed by atoms with van der Waals surface area (Å²) in [7, 11) is 0. The molecule has 17 heavy (non-hydrogen) atoms. The average Bonchev–Trinajstić information content (AvgIpc) is 2.35. The zero-order valence-corrected chi connectivity index (χ0v) is 10.7. The molecule has 0 atom stereocenters. The fraction of sp³-hybridized carbons (Fsp3) is 0.167. The van der Waals surface area contributed by atoms with Gasteiger partial charge in [0.1, 0.15) is 5.75 Å². The van der Waals surface area contributed by atoms with Crippen LogP contribution < -0.4 is 4.74 Å². The van der Waals surface area contributed by atoms with E-state index in [2.05, 4.69) is 9.97 Å². The molecule has 2 rings (SSSR count). The fourth-order valence-electron chi connectivity index (χ4n) is 1.27. The van der Waals surface area contributed by atoms with Crippen LogP contribution in [0.2, 0.25) is 5.02 Å². The highest BCUT2D eigenvalue weighted by atomic mass is 35.5. The maximum atomic E-state index is 6.01. The molecule has 0 saturated heterocycles. The van der Waals surface area contributed by atoms with Crippen molar-refractivity contribution >= 4 is 23.2 Å². The quantitative estimate of drug-likeness (QED) is 0.791. The van der Waals surface area contributed by atoms with E-state index in [1.165, 1.54) is 6.20 Å². The van der Waals surface area contributed by atoms with E-state index in [9.17, 15) is 0 Å². The summed E-state index contributed by atoms with van der Waals surface area (Å²) in [6.45, 7) is 1.96. The molecular weight excluding hydrogens is 259 g/mol. The Balaban J connectivity index is 2.22. The Kier molecular flexibility index (Phi) is 3.82. The lowest BCUT2D eigenvalue weighted by atomic mass is 10.2. The Morgan fingerprint density at radius 2 is 2.06 bits per heavy atom. The van der Waals surface area contributed by atoms with Crippen molar-refractivity contribution in [2.24, 2.45) is 0 Å². The maximum absolute atomic E-state index is 6.01. The molecule has 2 aromatic rings. The number of aromatic nitrogens is 2. The third-order valence-corrected chi connectivity index (χ3v) is 2.71. The first-order valence-corrected chi connectivity index (χ1v) is 5.91. The lowest BCUT2D eigenvalue weighted by Gasteiger charge is -2.07. The monoisotopic (exact) mass is 268 g/mol. The van der Waals surface area contributed by atoms with Crippen LogP contribution in [0.1, 0.15) is 11.3 Å². The molecule has 1 aromatic heterocycles. The van der Waals surface area contributed by atoms with E-state index in [0.29, 0.717) is 28.2 Å². The van der Waals surface area contributed by atoms with Crippen molar-refractivity contribution in [1.82, 2.24) is 9.97 Å². The summed E-state index contributed by atoms with van der Waals surface area (Å²) >= 11 is 11.6. The molecule has 88 valence electrons. The van der Waals surface area contributed by atoms with Crippen molar-refractivity contribution in [2.45, 2.75) is 12.8 Å². The summed E-state index contributed by atoms with van der Waals surface area (Å²) in [4.78, 5) is 8.17. The molecule has 3 nitrogen and oxygen atoms in total. The van der Waals surface area contributed by atoms with Gasteiger partial charge < -0.3 is 4.74 Å². The van der Waals surface area contributed by atoms with Crippen LogP contribution in [-0.4, -0.2) is 9.97 Å². The van der Waals surface area contributed by atoms with Gasteiger partial charge in [-0.1, -0.05) is 17.7 Å². The maximum Gasteiger partial charge on any atom is 0.237 e. The molecule has 0 unspecified atom stereocenters. The van der Waals surface area contributed by atoms with Gasteiger partial charge in [0.05, 0.1) is 29.0 Å². The predicted octanol–water partition coefficient (Wildman–Crippen LogP) is 3.97. The van der Waals surface area contributed by atoms with Gasteiger partial charge in [0.15, 0.2) is 0 Å². The van der Waals surface area contributed by atoms with Crippen molar-refractivity contribution in [3.63, 3.8) is 0 Å². The summed E-state index contributed by atoms with van der Waals surface area (Å²) in [5, 5.41) is 0.541. The Morgan fingerprint density at radius 3 is 2.71 bits per heavy atom. The average molecular weight is 269 g/mol. The summed E-state index contributed by atoms with van der Waals surface area (Å²) in [6, 6.07) is 5.55. The van der Waals surface area contributed by atoms with Crippen LogP contribution in [0.5, 0.6) is 11.6 Å². The summed E-state index contributed by atoms with van der Waals surface area (Å²) < 4.78 is 5.54. The molecule has 0 fully saturated rings. The zero-order chi connectivity index (χ0) is 12.3. The first kappa shape index (κ1) is 12.1. The Bertz CT molecular complexity index is 514. The van der Waals surface area contributed by atoms with E-state index in [1.54, 1.807) is 12.3 Å². The van der Waals surface area contributed by atoms with Gasteiger partial charge in [-0.2, -0.15) is 0 Å². The number of alkyl halides is 1. The number of rotatable bonds is 3. The number of halogens is 2. The van der Waals surface area contributed by atoms with E-state index in [4.69, 9.17) is 27.9 Å². The molecule has 0 saturated carbocycles. The first-order chi connectivity index (χ1) is 8.19. The third kappa shape index (κ3) is 3.08. The number of benzene rings is 1. The van der Waals surface area contributed by atoms with Crippen molar-refractivity contribution in [3.05, 3.63) is 46.9 Å². The number of hydrogen-bond acceptors (Lipinski definition) is 3. The van der Waals surface area contributed by atoms with Crippen LogP contribution >= 0.6 is 23.2 Å². The molecule has 0 bridgehead atoms. The largest absolute Gasteiger partial charge is 0.436 e. The van der Waals surface area contributed by atoms with E-state index in [-0.39, 0.29) is 0 Å². The second-order valence-electron chi connectivity index (χ2n) is 3.52. The van der Waals surface area contributed by atoms with Gasteiger partial charge >= 0.3 is 0 Å². The Hall–Kier alpha value is -1.32. The van der Waals surface area contributed by atoms with Crippen molar-refractivity contribution in [2.75, 3.05) is 0 Å². The number of aryl methyl sites for hydroxylation is 1. The number of nitrogens with zero attached hydrogens (tertiary/aromatic N) is 2. The number of ether oxygens (including phenoxy) is 1. The Labute approximate surface area is 109 Å². The van der Waals surface area contributed by atoms with Crippen molar-refractivity contribution < 1.29 is 4.74 Å². The van der Waals surface area contributed by atoms with Gasteiger partial charge in [-0.25, -0.2) is 4.98 Å². The van der Waals surface area contributed by atoms with E-state index in [1.807, 2.05) is 19.1 Å². The standard InChI is InChI=1S/C12H10Cl2N2O/c1-8-2-3-10(14)11(4-8)17-12-7-15-9(5-13)6-16-12/h2-4,6-7H,5H2,1H3. The van der Waals surface area contributed by atoms with Gasteiger partial charge in [-0.05, 0) is 24.6 Å². The normalized spacial score (nSPS) is 10.3. The van der Waals surface area contributed by atoms with Crippen LogP contribution in [0, 0.1) is 6.92 Å². The van der Waals surface area contributed by atoms with Gasteiger partial charge in [-0.15, -0.1) is 11.6 Å². The molecule has 0 amide bonds. The minimum atomic E-state index is 0.332. The fourth-order valence-corrected chi connectivity index (χ4v) is 1.56. The summed E-state index contributed by atoms with van der Waals surface area (Å²) in [6.07, 6.45) is 3.10. The SMILES string of the molecule is Cc1ccc(Cl)c(Oc2cnc(CCl)cn2)c1. The molecule has 0 radical (unpaired) electrons. The van der Waals surface area contributed by atoms with Crippen LogP contribution in [0.25, 0.3) is 0 Å². The highest BCUT2D eigenvalue weighted by Gasteiger charge is 2.05. The summed E-state index contributed by atoms with van der Waals surface area (Å²) in [5.74, 6) is 1.30. The van der Waals surface area contributed by atoms with E-state index < -0.39 is 0 Å². The van der Waals surface area contributed by atoms with Crippen LogP contribution in [0.15, 0.2) is 30.6 Å². The lowest BCUT2D eigenvalue weighted by molar-refractivity contribution is 0.459. The predicted molar refractivity (Wildman–Crippen MR) is 67.9 cm³/mol. The molecule has 5 heteroatoms. The van der Waals surface area contributed by atoms with Gasteiger partial charge in [0, 0.05) is 0 Å². The molecule has 0 aliphatic carbocycles. The minimum absolute atomic E-state index is 0.332. The summed E-state index contributed by atoms with van der Waals surface area (Å²) in [5.41, 5.74) is 1.77. The second-order valence-corrected chi connectivity index (χ2v) is 4.19. The number of hydrogen-bond donors (Lipinski definition) is 0. The van der Waals surface area contributed by atoms with Crippen molar-refractivity contribution in [3.8, 4) is 11.6 Å². The Morgan fingerprint density at radius 1 is 1.24 bits per heavy atom. The highest BCUT2D eigenvalue weighted by molar-refractivity contribution is 6.32. The van der Waals surface area contributed by atoms with E-state index >= 15 is 0 Å². The van der Waals surface area contributed by atoms with Gasteiger partial charge in [0.2, 0.25) is 5.88 Å². The molecule has 0 aliphatic rings. The van der Waals surface area contributed by atoms with Gasteiger partial charge in [-0.3, -0.25) is 4.98 Å². The minimum Gasteiger partial charge on any atom is -0.436 e. The van der Waals surface area contributed by atoms with Crippen molar-refractivity contribution in [1.29, 1.82) is 0 Å². The topological polar surface area (TPSA) is 35.0 Å². The molecule has 1 aromatic carbocycles. The molecule has 0 N–H and O–H groups in total. The molecule has 1 heterocycles. The van der Waals surface area contributed by atoms with Crippen LogP contribution in [0.4, 0.5) is 0 Å². The zero-order valence-electron chi connectivity index (χ0n) is 9.15. The van der Waals surface area contributed by atoms with Crippen LogP contribution in [0.3, 0.4) is 0 Å². The molecular formula is C12H10Cl2N2O. The first-order valence-electron chi connectivity index (χ1n) is 5.00. The third-order valence-electron chi connectivity index (χ3n) is 2.12. The lowest BCUT2D eigenvalue weighted by Crippen LogP contribution is -1.93. The van der Waals surface area contributed by atoms with Gasteiger partial charge in [0.25, 0.3) is 0 Å². The van der Waals surface area contributed by atoms with Crippen LogP contribution in [-0.2, 0) is 5.88 Å². The highest BCUT2D eigenvalue weighted by Crippen LogP contribution is 2.28. The second kappa shape index (κ2) is 5.34. The van der Waals surface area contributed by atoms with E-state index in [0.717, 1.165) is 5.56 Å². The smallest absolute Gasteiger partial charge is 0.237 e. The molecule has 0 spiro atoms.